The number of carboxylic acid groups (broad SMARTS) is 3. The van der Waals surface area contributed by atoms with Crippen molar-refractivity contribution in [3.63, 3.8) is 0 Å². The molecule has 8 heteroatoms. The summed E-state index contributed by atoms with van der Waals surface area (Å²) in [5, 5.41) is 24.4. The fourth-order valence-electron chi connectivity index (χ4n) is 3.66. The molecule has 2 aromatic carbocycles. The van der Waals surface area contributed by atoms with E-state index in [4.69, 9.17) is 20.1 Å². The third kappa shape index (κ3) is 10.4. The van der Waals surface area contributed by atoms with Crippen molar-refractivity contribution in [2.45, 2.75) is 37.9 Å². The summed E-state index contributed by atoms with van der Waals surface area (Å²) in [6, 6.07) is 20.8. The first-order valence-electron chi connectivity index (χ1n) is 11.2. The van der Waals surface area contributed by atoms with Crippen LogP contribution < -0.4 is 0 Å². The zero-order valence-corrected chi connectivity index (χ0v) is 19.0. The van der Waals surface area contributed by atoms with E-state index in [1.54, 1.807) is 0 Å². The monoisotopic (exact) mass is 469 g/mol. The van der Waals surface area contributed by atoms with Crippen LogP contribution in [0.1, 0.15) is 42.9 Å². The molecule has 0 spiro atoms. The molecule has 0 amide bonds. The van der Waals surface area contributed by atoms with E-state index in [0.29, 0.717) is 12.2 Å². The number of hydrogen-bond acceptors (Lipinski definition) is 5. The van der Waals surface area contributed by atoms with Crippen LogP contribution in [0.5, 0.6) is 0 Å². The third-order valence-electron chi connectivity index (χ3n) is 5.30. The predicted octanol–water partition coefficient (Wildman–Crippen LogP) is 3.83. The van der Waals surface area contributed by atoms with Gasteiger partial charge in [0.15, 0.2) is 0 Å². The molecule has 2 aromatic rings. The van der Waals surface area contributed by atoms with E-state index in [1.807, 2.05) is 12.1 Å². The summed E-state index contributed by atoms with van der Waals surface area (Å²) in [4.78, 5) is 32.1. The van der Waals surface area contributed by atoms with Gasteiger partial charge in [0.25, 0.3) is 0 Å². The second-order valence-electron chi connectivity index (χ2n) is 7.89. The van der Waals surface area contributed by atoms with E-state index in [0.717, 1.165) is 38.9 Å². The lowest BCUT2D eigenvalue weighted by Gasteiger charge is -2.34. The van der Waals surface area contributed by atoms with Crippen molar-refractivity contribution in [3.05, 3.63) is 83.9 Å². The Morgan fingerprint density at radius 2 is 1.32 bits per heavy atom. The van der Waals surface area contributed by atoms with Crippen molar-refractivity contribution in [2.75, 3.05) is 19.6 Å². The number of nitrogens with zero attached hydrogens (tertiary/aromatic N) is 1. The average molecular weight is 470 g/mol. The molecule has 0 aromatic heterocycles. The van der Waals surface area contributed by atoms with Gasteiger partial charge in [-0.15, -0.1) is 0 Å². The minimum Gasteiger partial charge on any atom is -0.481 e. The molecule has 34 heavy (non-hydrogen) atoms. The maximum atomic E-state index is 10.6. The van der Waals surface area contributed by atoms with Crippen molar-refractivity contribution >= 4 is 17.9 Å². The second kappa shape index (κ2) is 14.6. The number of aliphatic carboxylic acids is 3. The molecule has 1 saturated heterocycles. The van der Waals surface area contributed by atoms with Gasteiger partial charge in [-0.25, -0.2) is 9.59 Å². The van der Waals surface area contributed by atoms with E-state index in [1.165, 1.54) is 11.1 Å². The maximum absolute atomic E-state index is 10.6. The van der Waals surface area contributed by atoms with Crippen LogP contribution in [0, 0.1) is 0 Å². The molecule has 1 aliphatic heterocycles. The molecule has 3 N–H and O–H groups in total. The topological polar surface area (TPSA) is 124 Å². The van der Waals surface area contributed by atoms with Gasteiger partial charge in [-0.1, -0.05) is 60.7 Å². The molecule has 0 aliphatic carbocycles. The average Bonchev–Trinajstić information content (AvgIpc) is 2.83. The van der Waals surface area contributed by atoms with Crippen LogP contribution in [0.2, 0.25) is 0 Å². The van der Waals surface area contributed by atoms with Gasteiger partial charge in [0.2, 0.25) is 0 Å². The van der Waals surface area contributed by atoms with Crippen molar-refractivity contribution in [1.29, 1.82) is 0 Å². The first-order valence-corrected chi connectivity index (χ1v) is 11.2. The molecule has 0 atom stereocenters. The normalized spacial score (nSPS) is 14.5. The van der Waals surface area contributed by atoms with Gasteiger partial charge >= 0.3 is 17.9 Å². The van der Waals surface area contributed by atoms with Gasteiger partial charge in [-0.05, 0) is 36.9 Å². The smallest absolute Gasteiger partial charge is 0.328 e. The SMILES string of the molecule is O=C(O)C=CC(=O)O.O=C(O)CCCN1CCC(OC(c2ccccc2)c2ccccc2)CC1. The first kappa shape index (κ1) is 26.8. The van der Waals surface area contributed by atoms with Gasteiger partial charge < -0.3 is 25.0 Å². The Morgan fingerprint density at radius 1 is 0.853 bits per heavy atom. The fraction of sp³-hybridized carbons (Fsp3) is 0.346. The quantitative estimate of drug-likeness (QED) is 0.449. The van der Waals surface area contributed by atoms with Gasteiger partial charge in [0.1, 0.15) is 6.10 Å². The lowest BCUT2D eigenvalue weighted by atomic mass is 10.00. The van der Waals surface area contributed by atoms with E-state index in [-0.39, 0.29) is 18.6 Å². The molecule has 0 radical (unpaired) electrons. The van der Waals surface area contributed by atoms with Crippen molar-refractivity contribution in [1.82, 2.24) is 4.90 Å². The van der Waals surface area contributed by atoms with Crippen molar-refractivity contribution in [3.8, 4) is 0 Å². The minimum absolute atomic E-state index is 0.0408. The van der Waals surface area contributed by atoms with Crippen LogP contribution >= 0.6 is 0 Å². The Bertz CT molecular complexity index is 867. The van der Waals surface area contributed by atoms with E-state index >= 15 is 0 Å². The zero-order valence-electron chi connectivity index (χ0n) is 19.0. The summed E-state index contributed by atoms with van der Waals surface area (Å²) in [7, 11) is 0. The fourth-order valence-corrected chi connectivity index (χ4v) is 3.66. The van der Waals surface area contributed by atoms with Crippen LogP contribution in [0.3, 0.4) is 0 Å². The minimum atomic E-state index is -1.26. The van der Waals surface area contributed by atoms with E-state index in [2.05, 4.69) is 53.4 Å². The molecular formula is C26H31NO7. The molecule has 0 saturated carbocycles. The summed E-state index contributed by atoms with van der Waals surface area (Å²) in [5.74, 6) is -3.23. The first-order chi connectivity index (χ1) is 16.3. The summed E-state index contributed by atoms with van der Waals surface area (Å²) in [6.07, 6.45) is 4.26. The van der Waals surface area contributed by atoms with Gasteiger partial charge in [0.05, 0.1) is 6.10 Å². The van der Waals surface area contributed by atoms with Crippen LogP contribution in [-0.4, -0.2) is 63.9 Å². The largest absolute Gasteiger partial charge is 0.481 e. The number of likely N-dealkylation sites (tertiary alicyclic amines) is 1. The summed E-state index contributed by atoms with van der Waals surface area (Å²) >= 11 is 0. The lowest BCUT2D eigenvalue weighted by molar-refractivity contribution is -0.137. The highest BCUT2D eigenvalue weighted by Gasteiger charge is 2.24. The lowest BCUT2D eigenvalue weighted by Crippen LogP contribution is -2.38. The summed E-state index contributed by atoms with van der Waals surface area (Å²) in [6.45, 7) is 2.81. The number of carbonyl (C=O) groups is 3. The Morgan fingerprint density at radius 3 is 1.74 bits per heavy atom. The Kier molecular flexibility index (Phi) is 11.5. The van der Waals surface area contributed by atoms with Gasteiger partial charge in [0, 0.05) is 31.7 Å². The molecule has 1 heterocycles. The van der Waals surface area contributed by atoms with Crippen LogP contribution in [0.15, 0.2) is 72.8 Å². The highest BCUT2D eigenvalue weighted by Crippen LogP contribution is 2.29. The number of hydrogen-bond donors (Lipinski definition) is 3. The van der Waals surface area contributed by atoms with E-state index < -0.39 is 17.9 Å². The van der Waals surface area contributed by atoms with E-state index in [9.17, 15) is 14.4 Å². The molecular weight excluding hydrogens is 438 g/mol. The third-order valence-corrected chi connectivity index (χ3v) is 5.30. The highest BCUT2D eigenvalue weighted by atomic mass is 16.5. The summed E-state index contributed by atoms with van der Waals surface area (Å²) < 4.78 is 6.53. The zero-order chi connectivity index (χ0) is 24.8. The van der Waals surface area contributed by atoms with Crippen LogP contribution in [-0.2, 0) is 19.1 Å². The number of carboxylic acids is 3. The number of piperidine rings is 1. The summed E-state index contributed by atoms with van der Waals surface area (Å²) in [5.41, 5.74) is 2.37. The molecule has 0 bridgehead atoms. The predicted molar refractivity (Wildman–Crippen MR) is 127 cm³/mol. The van der Waals surface area contributed by atoms with Crippen LogP contribution in [0.4, 0.5) is 0 Å². The van der Waals surface area contributed by atoms with Crippen LogP contribution in [0.25, 0.3) is 0 Å². The molecule has 182 valence electrons. The Balaban J connectivity index is 0.000000440. The standard InChI is InChI=1S/C22H27NO3.C4H4O4/c24-21(25)12-7-15-23-16-13-20(14-17-23)26-22(18-8-3-1-4-9-18)19-10-5-2-6-11-19;5-3(6)1-2-4(7)8/h1-6,8-11,20,22H,7,12-17H2,(H,24,25);1-2H,(H,5,6)(H,7,8). The van der Waals surface area contributed by atoms with Gasteiger partial charge in [-0.3, -0.25) is 4.79 Å². The molecule has 0 unspecified atom stereocenters. The van der Waals surface area contributed by atoms with Crippen molar-refractivity contribution in [2.24, 2.45) is 0 Å². The molecule has 1 aliphatic rings. The molecule has 3 rings (SSSR count). The van der Waals surface area contributed by atoms with Crippen molar-refractivity contribution < 1.29 is 34.4 Å². The maximum Gasteiger partial charge on any atom is 0.328 e. The van der Waals surface area contributed by atoms with Gasteiger partial charge in [-0.2, -0.15) is 0 Å². The number of benzene rings is 2. The number of ether oxygens (including phenoxy) is 1. The molecule has 1 fully saturated rings. The Labute approximate surface area is 199 Å². The Hall–Kier alpha value is -3.49. The second-order valence-corrected chi connectivity index (χ2v) is 7.89. The number of rotatable bonds is 10. The highest BCUT2D eigenvalue weighted by molar-refractivity contribution is 5.89. The molecule has 8 nitrogen and oxygen atoms in total.